The van der Waals surface area contributed by atoms with Crippen LogP contribution in [-0.2, 0) is 6.42 Å². The van der Waals surface area contributed by atoms with Gasteiger partial charge in [-0.2, -0.15) is 0 Å². The molecule has 7 heteroatoms. The molecule has 0 atom stereocenters. The third-order valence-electron chi connectivity index (χ3n) is 3.50. The first-order valence-corrected chi connectivity index (χ1v) is 9.55. The van der Waals surface area contributed by atoms with Gasteiger partial charge in [0.25, 0.3) is 0 Å². The van der Waals surface area contributed by atoms with E-state index in [1.54, 1.807) is 11.8 Å². The maximum absolute atomic E-state index is 6.33. The van der Waals surface area contributed by atoms with E-state index in [0.717, 1.165) is 21.5 Å². The average Bonchev–Trinajstić information content (AvgIpc) is 2.57. The molecule has 2 rings (SSSR count). The van der Waals surface area contributed by atoms with Gasteiger partial charge in [-0.25, -0.2) is 4.99 Å². The molecule has 2 aromatic carbocycles. The molecule has 0 amide bonds. The first-order chi connectivity index (χ1) is 11.0. The molecule has 0 fully saturated rings. The summed E-state index contributed by atoms with van der Waals surface area (Å²) in [5.41, 5.74) is 9.09. The molecule has 0 aromatic heterocycles. The third-order valence-corrected chi connectivity index (χ3v) is 5.46. The number of benzene rings is 2. The molecule has 0 saturated carbocycles. The maximum Gasteiger partial charge on any atom is 0.200 e. The summed E-state index contributed by atoms with van der Waals surface area (Å²) >= 11 is 11.4. The minimum Gasteiger partial charge on any atom is -0.369 e. The number of halogens is 3. The quantitative estimate of drug-likeness (QED) is 0.360. The lowest BCUT2D eigenvalue weighted by Gasteiger charge is -2.19. The minimum atomic E-state index is 0. The van der Waals surface area contributed by atoms with E-state index in [2.05, 4.69) is 40.0 Å². The number of thioether (sulfide) groups is 1. The minimum absolute atomic E-state index is 0. The normalized spacial score (nSPS) is 11.1. The molecule has 3 nitrogen and oxygen atoms in total. The van der Waals surface area contributed by atoms with Crippen LogP contribution in [0.3, 0.4) is 0 Å². The Balaban J connectivity index is 0.00000288. The van der Waals surface area contributed by atoms with Crippen molar-refractivity contribution in [3.05, 3.63) is 51.5 Å². The SMILES string of the molecule is CCc1cccc(N(C)C(N)=Nc2cc(SC)cc(Br)c2Cl)c1.Cl. The van der Waals surface area contributed by atoms with Crippen molar-refractivity contribution in [1.29, 1.82) is 0 Å². The first-order valence-electron chi connectivity index (χ1n) is 7.16. The van der Waals surface area contributed by atoms with Crippen LogP contribution in [0.1, 0.15) is 12.5 Å². The van der Waals surface area contributed by atoms with Crippen LogP contribution in [0.25, 0.3) is 0 Å². The number of aryl methyl sites for hydroxylation is 1. The van der Waals surface area contributed by atoms with Crippen molar-refractivity contribution in [3.8, 4) is 0 Å². The van der Waals surface area contributed by atoms with Gasteiger partial charge in [-0.1, -0.05) is 30.7 Å². The van der Waals surface area contributed by atoms with Gasteiger partial charge in [-0.05, 0) is 58.4 Å². The zero-order chi connectivity index (χ0) is 17.0. The van der Waals surface area contributed by atoms with E-state index in [0.29, 0.717) is 16.7 Å². The third kappa shape index (κ3) is 5.06. The lowest BCUT2D eigenvalue weighted by atomic mass is 10.1. The summed E-state index contributed by atoms with van der Waals surface area (Å²) in [5, 5.41) is 0.557. The number of nitrogens with two attached hydrogens (primary N) is 1. The second-order valence-electron chi connectivity index (χ2n) is 4.99. The largest absolute Gasteiger partial charge is 0.369 e. The summed E-state index contributed by atoms with van der Waals surface area (Å²) in [6.07, 6.45) is 2.99. The number of rotatable bonds is 4. The first kappa shape index (κ1) is 21.2. The Morgan fingerprint density at radius 3 is 2.67 bits per heavy atom. The number of aliphatic imine (C=N–C) groups is 1. The van der Waals surface area contributed by atoms with Gasteiger partial charge in [0.05, 0.1) is 10.7 Å². The molecule has 0 saturated heterocycles. The fraction of sp³-hybridized carbons (Fsp3) is 0.235. The van der Waals surface area contributed by atoms with Crippen molar-refractivity contribution < 1.29 is 0 Å². The van der Waals surface area contributed by atoms with Gasteiger partial charge in [0, 0.05) is 22.1 Å². The zero-order valence-electron chi connectivity index (χ0n) is 13.7. The maximum atomic E-state index is 6.33. The molecule has 130 valence electrons. The molecule has 0 aliphatic heterocycles. The fourth-order valence-electron chi connectivity index (χ4n) is 2.07. The van der Waals surface area contributed by atoms with Crippen molar-refractivity contribution in [2.75, 3.05) is 18.2 Å². The lowest BCUT2D eigenvalue weighted by molar-refractivity contribution is 1.13. The van der Waals surface area contributed by atoms with Crippen LogP contribution in [0.5, 0.6) is 0 Å². The molecule has 24 heavy (non-hydrogen) atoms. The molecular formula is C17H20BrCl2N3S. The van der Waals surface area contributed by atoms with E-state index in [1.165, 1.54) is 5.56 Å². The molecular weight excluding hydrogens is 429 g/mol. The number of guanidine groups is 1. The Morgan fingerprint density at radius 1 is 1.33 bits per heavy atom. The second kappa shape index (κ2) is 9.56. The average molecular weight is 449 g/mol. The van der Waals surface area contributed by atoms with Gasteiger partial charge in [-0.3, -0.25) is 0 Å². The van der Waals surface area contributed by atoms with Crippen LogP contribution in [0, 0.1) is 0 Å². The molecule has 0 radical (unpaired) electrons. The number of anilines is 1. The van der Waals surface area contributed by atoms with Crippen molar-refractivity contribution in [2.45, 2.75) is 18.2 Å². The zero-order valence-corrected chi connectivity index (χ0v) is 17.7. The molecule has 0 bridgehead atoms. The Morgan fingerprint density at radius 2 is 2.04 bits per heavy atom. The topological polar surface area (TPSA) is 41.6 Å². The highest BCUT2D eigenvalue weighted by Crippen LogP contribution is 2.36. The van der Waals surface area contributed by atoms with Crippen LogP contribution in [-0.4, -0.2) is 19.3 Å². The summed E-state index contributed by atoms with van der Waals surface area (Å²) in [6.45, 7) is 2.13. The van der Waals surface area contributed by atoms with Crippen LogP contribution >= 0.6 is 51.7 Å². The molecule has 2 N–H and O–H groups in total. The van der Waals surface area contributed by atoms with E-state index >= 15 is 0 Å². The molecule has 0 aliphatic carbocycles. The highest BCUT2D eigenvalue weighted by Gasteiger charge is 2.10. The summed E-state index contributed by atoms with van der Waals surface area (Å²) < 4.78 is 0.813. The predicted molar refractivity (Wildman–Crippen MR) is 114 cm³/mol. The molecule has 0 heterocycles. The van der Waals surface area contributed by atoms with E-state index < -0.39 is 0 Å². The van der Waals surface area contributed by atoms with Crippen LogP contribution in [0.2, 0.25) is 5.02 Å². The van der Waals surface area contributed by atoms with Gasteiger partial charge in [0.2, 0.25) is 5.96 Å². The van der Waals surface area contributed by atoms with Crippen LogP contribution < -0.4 is 10.6 Å². The Bertz CT molecular complexity index is 738. The van der Waals surface area contributed by atoms with Gasteiger partial charge < -0.3 is 10.6 Å². The Hall–Kier alpha value is -0.880. The highest BCUT2D eigenvalue weighted by atomic mass is 79.9. The second-order valence-corrected chi connectivity index (χ2v) is 7.11. The molecule has 0 spiro atoms. The monoisotopic (exact) mass is 447 g/mol. The van der Waals surface area contributed by atoms with E-state index in [4.69, 9.17) is 17.3 Å². The predicted octanol–water partition coefficient (Wildman–Crippen LogP) is 5.89. The van der Waals surface area contributed by atoms with Crippen LogP contribution in [0.4, 0.5) is 11.4 Å². The van der Waals surface area contributed by atoms with E-state index in [9.17, 15) is 0 Å². The number of hydrogen-bond donors (Lipinski definition) is 1. The molecule has 0 aliphatic rings. The molecule has 2 aromatic rings. The van der Waals surface area contributed by atoms with Gasteiger partial charge in [-0.15, -0.1) is 24.2 Å². The van der Waals surface area contributed by atoms with Crippen molar-refractivity contribution in [1.82, 2.24) is 0 Å². The number of hydrogen-bond acceptors (Lipinski definition) is 2. The van der Waals surface area contributed by atoms with E-state index in [1.807, 2.05) is 42.5 Å². The number of nitrogens with zero attached hydrogens (tertiary/aromatic N) is 2. The molecule has 0 unspecified atom stereocenters. The smallest absolute Gasteiger partial charge is 0.200 e. The van der Waals surface area contributed by atoms with E-state index in [-0.39, 0.29) is 12.4 Å². The Labute approximate surface area is 167 Å². The Kier molecular flexibility index (Phi) is 8.43. The summed E-state index contributed by atoms with van der Waals surface area (Å²) in [5.74, 6) is 0.394. The summed E-state index contributed by atoms with van der Waals surface area (Å²) in [7, 11) is 1.90. The van der Waals surface area contributed by atoms with Crippen molar-refractivity contribution in [3.63, 3.8) is 0 Å². The van der Waals surface area contributed by atoms with Crippen molar-refractivity contribution in [2.24, 2.45) is 10.7 Å². The highest BCUT2D eigenvalue weighted by molar-refractivity contribution is 9.10. The van der Waals surface area contributed by atoms with Crippen molar-refractivity contribution >= 4 is 69.0 Å². The lowest BCUT2D eigenvalue weighted by Crippen LogP contribution is -2.33. The summed E-state index contributed by atoms with van der Waals surface area (Å²) in [4.78, 5) is 7.43. The van der Waals surface area contributed by atoms with Gasteiger partial charge >= 0.3 is 0 Å². The summed E-state index contributed by atoms with van der Waals surface area (Å²) in [6, 6.07) is 12.1. The standard InChI is InChI=1S/C17H19BrClN3S.ClH/c1-4-11-6-5-7-12(8-11)22(2)17(20)21-15-10-13(23-3)9-14(18)16(15)19;/h5-10H,4H2,1-3H3,(H2,20,21);1H. The van der Waals surface area contributed by atoms with Gasteiger partial charge in [0.15, 0.2) is 0 Å². The van der Waals surface area contributed by atoms with Gasteiger partial charge in [0.1, 0.15) is 0 Å². The van der Waals surface area contributed by atoms with Crippen LogP contribution in [0.15, 0.2) is 50.8 Å². The fourth-order valence-corrected chi connectivity index (χ4v) is 3.28.